The van der Waals surface area contributed by atoms with Gasteiger partial charge in [0, 0.05) is 18.6 Å². The Balaban J connectivity index is 1.43. The third kappa shape index (κ3) is 3.39. The van der Waals surface area contributed by atoms with Crippen LogP contribution in [0.1, 0.15) is 38.5 Å². The van der Waals surface area contributed by atoms with E-state index in [1.165, 1.54) is 45.1 Å². The first-order valence-electron chi connectivity index (χ1n) is 7.73. The number of hydrogen-bond acceptors (Lipinski definition) is 3. The van der Waals surface area contributed by atoms with Crippen LogP contribution in [0.3, 0.4) is 0 Å². The van der Waals surface area contributed by atoms with E-state index in [0.717, 1.165) is 13.2 Å². The number of aliphatic imine (C=N–C) groups is 1. The highest BCUT2D eigenvalue weighted by atomic mass is 16.5. The number of nitrogens with one attached hydrogen (secondary N) is 1. The second kappa shape index (κ2) is 6.09. The van der Waals surface area contributed by atoms with Crippen molar-refractivity contribution in [3.8, 4) is 0 Å². The van der Waals surface area contributed by atoms with Crippen LogP contribution < -0.4 is 11.1 Å². The minimum Gasteiger partial charge on any atom is -0.373 e. The standard InChI is InChI=1S/C14H26N4O/c15-14(17-11-4-1-2-5-11)16-8-13-9-18-7-3-6-12(18)10-19-13/h11-13H,1-10H2,(H3,15,16,17). The van der Waals surface area contributed by atoms with Crippen LogP contribution in [0, 0.1) is 0 Å². The van der Waals surface area contributed by atoms with Crippen LogP contribution in [-0.4, -0.2) is 55.3 Å². The number of ether oxygens (including phenoxy) is 1. The molecule has 2 unspecified atom stereocenters. The van der Waals surface area contributed by atoms with Gasteiger partial charge < -0.3 is 15.8 Å². The Morgan fingerprint density at radius 3 is 2.95 bits per heavy atom. The summed E-state index contributed by atoms with van der Waals surface area (Å²) in [4.78, 5) is 7.00. The maximum Gasteiger partial charge on any atom is 0.188 e. The van der Waals surface area contributed by atoms with Gasteiger partial charge in [-0.1, -0.05) is 12.8 Å². The first kappa shape index (κ1) is 13.2. The molecule has 5 heteroatoms. The molecule has 1 saturated carbocycles. The lowest BCUT2D eigenvalue weighted by molar-refractivity contribution is -0.0432. The molecule has 0 bridgehead atoms. The number of nitrogens with two attached hydrogens (primary N) is 1. The lowest BCUT2D eigenvalue weighted by Gasteiger charge is -2.34. The molecule has 0 aromatic rings. The molecule has 2 atom stereocenters. The summed E-state index contributed by atoms with van der Waals surface area (Å²) in [5.74, 6) is 0.596. The molecule has 0 radical (unpaired) electrons. The average molecular weight is 266 g/mol. The molecule has 2 aliphatic heterocycles. The normalized spacial score (nSPS) is 33.6. The number of fused-ring (bicyclic) bond motifs is 1. The third-order valence-electron chi connectivity index (χ3n) is 4.63. The Morgan fingerprint density at radius 1 is 1.26 bits per heavy atom. The zero-order valence-corrected chi connectivity index (χ0v) is 11.7. The number of guanidine groups is 1. The zero-order valence-electron chi connectivity index (χ0n) is 11.7. The molecular weight excluding hydrogens is 240 g/mol. The highest BCUT2D eigenvalue weighted by molar-refractivity contribution is 5.78. The number of morpholine rings is 1. The van der Waals surface area contributed by atoms with Gasteiger partial charge in [-0.15, -0.1) is 0 Å². The molecule has 2 saturated heterocycles. The van der Waals surface area contributed by atoms with Crippen molar-refractivity contribution in [3.63, 3.8) is 0 Å². The van der Waals surface area contributed by atoms with Gasteiger partial charge in [-0.2, -0.15) is 0 Å². The quantitative estimate of drug-likeness (QED) is 0.583. The second-order valence-corrected chi connectivity index (χ2v) is 6.10. The highest BCUT2D eigenvalue weighted by Crippen LogP contribution is 2.22. The van der Waals surface area contributed by atoms with Crippen LogP contribution in [0.5, 0.6) is 0 Å². The maximum absolute atomic E-state index is 5.95. The van der Waals surface area contributed by atoms with Crippen molar-refractivity contribution >= 4 is 5.96 Å². The molecule has 19 heavy (non-hydrogen) atoms. The molecule has 3 rings (SSSR count). The number of hydrogen-bond donors (Lipinski definition) is 2. The van der Waals surface area contributed by atoms with Crippen LogP contribution in [0.4, 0.5) is 0 Å². The Labute approximate surface area is 115 Å². The van der Waals surface area contributed by atoms with Crippen molar-refractivity contribution in [2.24, 2.45) is 10.7 Å². The van der Waals surface area contributed by atoms with Crippen molar-refractivity contribution in [2.75, 3.05) is 26.2 Å². The number of nitrogens with zero attached hydrogens (tertiary/aromatic N) is 2. The van der Waals surface area contributed by atoms with Crippen molar-refractivity contribution < 1.29 is 4.74 Å². The Bertz CT molecular complexity index is 327. The molecule has 1 aliphatic carbocycles. The van der Waals surface area contributed by atoms with Crippen LogP contribution >= 0.6 is 0 Å². The van der Waals surface area contributed by atoms with Gasteiger partial charge in [-0.3, -0.25) is 9.89 Å². The van der Waals surface area contributed by atoms with E-state index in [2.05, 4.69) is 15.2 Å². The van der Waals surface area contributed by atoms with Gasteiger partial charge in [0.25, 0.3) is 0 Å². The molecule has 3 aliphatic rings. The zero-order chi connectivity index (χ0) is 13.1. The molecular formula is C14H26N4O. The predicted molar refractivity (Wildman–Crippen MR) is 76.2 cm³/mol. The Kier molecular flexibility index (Phi) is 4.23. The van der Waals surface area contributed by atoms with E-state index in [0.29, 0.717) is 24.6 Å². The van der Waals surface area contributed by atoms with E-state index in [4.69, 9.17) is 10.5 Å². The monoisotopic (exact) mass is 266 g/mol. The van der Waals surface area contributed by atoms with Crippen LogP contribution in [0.15, 0.2) is 4.99 Å². The topological polar surface area (TPSA) is 62.9 Å². The van der Waals surface area contributed by atoms with Crippen LogP contribution in [0.2, 0.25) is 0 Å². The molecule has 3 N–H and O–H groups in total. The Morgan fingerprint density at radius 2 is 2.11 bits per heavy atom. The van der Waals surface area contributed by atoms with E-state index in [-0.39, 0.29) is 6.10 Å². The summed E-state index contributed by atoms with van der Waals surface area (Å²) in [6.07, 6.45) is 7.91. The van der Waals surface area contributed by atoms with Crippen molar-refractivity contribution in [1.82, 2.24) is 10.2 Å². The summed E-state index contributed by atoms with van der Waals surface area (Å²) in [5.41, 5.74) is 5.95. The van der Waals surface area contributed by atoms with Gasteiger partial charge >= 0.3 is 0 Å². The predicted octanol–water partition coefficient (Wildman–Crippen LogP) is 0.696. The van der Waals surface area contributed by atoms with Crippen molar-refractivity contribution in [3.05, 3.63) is 0 Å². The second-order valence-electron chi connectivity index (χ2n) is 6.10. The SMILES string of the molecule is NC(=NCC1CN2CCCC2CO1)NC1CCCC1. The number of rotatable bonds is 3. The summed E-state index contributed by atoms with van der Waals surface area (Å²) in [5, 5.41) is 3.32. The summed E-state index contributed by atoms with van der Waals surface area (Å²) < 4.78 is 5.88. The molecule has 0 spiro atoms. The molecule has 2 heterocycles. The fraction of sp³-hybridized carbons (Fsp3) is 0.929. The highest BCUT2D eigenvalue weighted by Gasteiger charge is 2.31. The van der Waals surface area contributed by atoms with Gasteiger partial charge in [-0.25, -0.2) is 0 Å². The van der Waals surface area contributed by atoms with Gasteiger partial charge in [0.05, 0.1) is 19.3 Å². The van der Waals surface area contributed by atoms with Crippen LogP contribution in [0.25, 0.3) is 0 Å². The molecule has 0 aromatic heterocycles. The third-order valence-corrected chi connectivity index (χ3v) is 4.63. The molecule has 5 nitrogen and oxygen atoms in total. The summed E-state index contributed by atoms with van der Waals surface area (Å²) in [7, 11) is 0. The fourth-order valence-electron chi connectivity index (χ4n) is 3.52. The maximum atomic E-state index is 5.95. The van der Waals surface area contributed by atoms with E-state index in [1.807, 2.05) is 0 Å². The van der Waals surface area contributed by atoms with Gasteiger partial charge in [0.2, 0.25) is 0 Å². The summed E-state index contributed by atoms with van der Waals surface area (Å²) in [6, 6.07) is 1.20. The first-order valence-corrected chi connectivity index (χ1v) is 7.73. The molecule has 3 fully saturated rings. The lowest BCUT2D eigenvalue weighted by Crippen LogP contribution is -2.47. The van der Waals surface area contributed by atoms with Gasteiger partial charge in [-0.05, 0) is 32.2 Å². The molecule has 0 aromatic carbocycles. The summed E-state index contributed by atoms with van der Waals surface area (Å²) in [6.45, 7) is 3.81. The molecule has 0 amide bonds. The van der Waals surface area contributed by atoms with Crippen molar-refractivity contribution in [1.29, 1.82) is 0 Å². The van der Waals surface area contributed by atoms with Gasteiger partial charge in [0.1, 0.15) is 0 Å². The van der Waals surface area contributed by atoms with Crippen molar-refractivity contribution in [2.45, 2.75) is 56.7 Å². The van der Waals surface area contributed by atoms with Gasteiger partial charge in [0.15, 0.2) is 5.96 Å². The lowest BCUT2D eigenvalue weighted by atomic mass is 10.2. The first-order chi connectivity index (χ1) is 9.31. The van der Waals surface area contributed by atoms with E-state index < -0.39 is 0 Å². The van der Waals surface area contributed by atoms with E-state index in [1.54, 1.807) is 0 Å². The smallest absolute Gasteiger partial charge is 0.188 e. The van der Waals surface area contributed by atoms with E-state index >= 15 is 0 Å². The minimum absolute atomic E-state index is 0.221. The largest absolute Gasteiger partial charge is 0.373 e. The summed E-state index contributed by atoms with van der Waals surface area (Å²) >= 11 is 0. The Hall–Kier alpha value is -0.810. The fourth-order valence-corrected chi connectivity index (χ4v) is 3.52. The average Bonchev–Trinajstić information content (AvgIpc) is 3.06. The van der Waals surface area contributed by atoms with Crippen LogP contribution in [-0.2, 0) is 4.74 Å². The van der Waals surface area contributed by atoms with E-state index in [9.17, 15) is 0 Å². The minimum atomic E-state index is 0.221. The molecule has 108 valence electrons.